The van der Waals surface area contributed by atoms with Crippen LogP contribution in [0.2, 0.25) is 0 Å². The molecule has 94 valence electrons. The van der Waals surface area contributed by atoms with Crippen LogP contribution >= 0.6 is 0 Å². The first kappa shape index (κ1) is 13.6. The van der Waals surface area contributed by atoms with Crippen molar-refractivity contribution in [2.24, 2.45) is 5.41 Å². The van der Waals surface area contributed by atoms with Crippen LogP contribution in [0.15, 0.2) is 18.2 Å². The average Bonchev–Trinajstić information content (AvgIpc) is 2.15. The zero-order valence-electron chi connectivity index (χ0n) is 10.9. The van der Waals surface area contributed by atoms with Gasteiger partial charge in [0.25, 0.3) is 0 Å². The second kappa shape index (κ2) is 5.21. The normalized spacial score (nSPS) is 11.3. The fourth-order valence-electron chi connectivity index (χ4n) is 1.39. The lowest BCUT2D eigenvalue weighted by atomic mass is 9.93. The van der Waals surface area contributed by atoms with E-state index in [-0.39, 0.29) is 11.0 Å². The first-order valence-electron chi connectivity index (χ1n) is 5.76. The van der Waals surface area contributed by atoms with E-state index in [1.165, 1.54) is 0 Å². The second-order valence-corrected chi connectivity index (χ2v) is 5.46. The van der Waals surface area contributed by atoms with E-state index in [0.29, 0.717) is 12.4 Å². The summed E-state index contributed by atoms with van der Waals surface area (Å²) in [5.41, 5.74) is 1.41. The molecule has 0 bridgehead atoms. The molecule has 0 heterocycles. The van der Waals surface area contributed by atoms with Gasteiger partial charge in [0.2, 0.25) is 0 Å². The van der Waals surface area contributed by atoms with E-state index < -0.39 is 5.97 Å². The number of carbonyl (C=O) groups is 1. The second-order valence-electron chi connectivity index (χ2n) is 5.46. The Labute approximate surface area is 102 Å². The molecule has 0 saturated carbocycles. The van der Waals surface area contributed by atoms with Crippen LogP contribution in [0.4, 0.5) is 0 Å². The third kappa shape index (κ3) is 4.47. The summed E-state index contributed by atoms with van der Waals surface area (Å²) < 4.78 is 5.57. The van der Waals surface area contributed by atoms with Crippen LogP contribution < -0.4 is 4.74 Å². The fourth-order valence-corrected chi connectivity index (χ4v) is 1.39. The van der Waals surface area contributed by atoms with Gasteiger partial charge in [0.1, 0.15) is 11.3 Å². The van der Waals surface area contributed by atoms with Crippen LogP contribution in [-0.2, 0) is 0 Å². The summed E-state index contributed by atoms with van der Waals surface area (Å²) in [5.74, 6) is -0.488. The highest BCUT2D eigenvalue weighted by Gasteiger charge is 2.14. The highest BCUT2D eigenvalue weighted by molar-refractivity contribution is 5.90. The van der Waals surface area contributed by atoms with Crippen molar-refractivity contribution in [1.82, 2.24) is 0 Å². The Balaban J connectivity index is 2.75. The monoisotopic (exact) mass is 236 g/mol. The molecule has 3 nitrogen and oxygen atoms in total. The lowest BCUT2D eigenvalue weighted by molar-refractivity contribution is 0.0692. The zero-order valence-corrected chi connectivity index (χ0v) is 10.9. The number of aryl methyl sites for hydroxylation is 1. The average molecular weight is 236 g/mol. The smallest absolute Gasteiger partial charge is 0.339 e. The molecule has 0 atom stereocenters. The van der Waals surface area contributed by atoms with Crippen LogP contribution in [0.25, 0.3) is 0 Å². The molecule has 0 spiro atoms. The van der Waals surface area contributed by atoms with Crippen LogP contribution in [0.5, 0.6) is 5.75 Å². The van der Waals surface area contributed by atoms with Crippen molar-refractivity contribution in [3.63, 3.8) is 0 Å². The number of aromatic carboxylic acids is 1. The number of rotatable bonds is 4. The molecular weight excluding hydrogens is 216 g/mol. The predicted octanol–water partition coefficient (Wildman–Crippen LogP) is 3.51. The van der Waals surface area contributed by atoms with Gasteiger partial charge in [0.05, 0.1) is 6.61 Å². The molecule has 0 amide bonds. The van der Waals surface area contributed by atoms with Crippen molar-refractivity contribution >= 4 is 5.97 Å². The maximum Gasteiger partial charge on any atom is 0.339 e. The maximum atomic E-state index is 11.0. The van der Waals surface area contributed by atoms with E-state index in [0.717, 1.165) is 12.0 Å². The van der Waals surface area contributed by atoms with Crippen molar-refractivity contribution < 1.29 is 14.6 Å². The molecule has 1 rings (SSSR count). The van der Waals surface area contributed by atoms with Gasteiger partial charge in [-0.25, -0.2) is 4.79 Å². The van der Waals surface area contributed by atoms with Gasteiger partial charge in [-0.2, -0.15) is 0 Å². The molecule has 3 heteroatoms. The Morgan fingerprint density at radius 2 is 2.00 bits per heavy atom. The zero-order chi connectivity index (χ0) is 13.1. The van der Waals surface area contributed by atoms with E-state index >= 15 is 0 Å². The molecule has 17 heavy (non-hydrogen) atoms. The van der Waals surface area contributed by atoms with Crippen molar-refractivity contribution in [1.29, 1.82) is 0 Å². The summed E-state index contributed by atoms with van der Waals surface area (Å²) in [6.07, 6.45) is 0.889. The van der Waals surface area contributed by atoms with Gasteiger partial charge in [-0.1, -0.05) is 26.8 Å². The minimum atomic E-state index is -0.948. The molecule has 0 aromatic heterocycles. The third-order valence-corrected chi connectivity index (χ3v) is 2.48. The Morgan fingerprint density at radius 3 is 2.53 bits per heavy atom. The Morgan fingerprint density at radius 1 is 1.35 bits per heavy atom. The van der Waals surface area contributed by atoms with E-state index in [4.69, 9.17) is 9.84 Å². The molecule has 0 aliphatic heterocycles. The van der Waals surface area contributed by atoms with Gasteiger partial charge in [-0.3, -0.25) is 0 Å². The summed E-state index contributed by atoms with van der Waals surface area (Å²) in [5, 5.41) is 9.04. The highest BCUT2D eigenvalue weighted by Crippen LogP contribution is 2.23. The Kier molecular flexibility index (Phi) is 4.16. The number of hydrogen-bond donors (Lipinski definition) is 1. The topological polar surface area (TPSA) is 46.5 Å². The standard InChI is InChI=1S/C14H20O3/c1-10-5-6-11(13(15)16)12(9-10)17-8-7-14(2,3)4/h5-6,9H,7-8H2,1-4H3,(H,15,16). The lowest BCUT2D eigenvalue weighted by Crippen LogP contribution is -2.12. The Hall–Kier alpha value is -1.51. The van der Waals surface area contributed by atoms with Crippen molar-refractivity contribution in [2.75, 3.05) is 6.61 Å². The molecule has 0 radical (unpaired) electrons. The van der Waals surface area contributed by atoms with Gasteiger partial charge in [0.15, 0.2) is 0 Å². The first-order chi connectivity index (χ1) is 7.79. The van der Waals surface area contributed by atoms with Gasteiger partial charge < -0.3 is 9.84 Å². The number of carboxylic acids is 1. The molecular formula is C14H20O3. The summed E-state index contributed by atoms with van der Waals surface area (Å²) in [6, 6.07) is 5.14. The minimum absolute atomic E-state index is 0.188. The SMILES string of the molecule is Cc1ccc(C(=O)O)c(OCCC(C)(C)C)c1. The quantitative estimate of drug-likeness (QED) is 0.870. The van der Waals surface area contributed by atoms with Crippen LogP contribution in [0, 0.1) is 12.3 Å². The first-order valence-corrected chi connectivity index (χ1v) is 5.76. The van der Waals surface area contributed by atoms with Crippen molar-refractivity contribution in [3.05, 3.63) is 29.3 Å². The molecule has 1 aromatic carbocycles. The summed E-state index contributed by atoms with van der Waals surface area (Å²) in [7, 11) is 0. The largest absolute Gasteiger partial charge is 0.493 e. The molecule has 0 unspecified atom stereocenters. The predicted molar refractivity (Wildman–Crippen MR) is 67.7 cm³/mol. The van der Waals surface area contributed by atoms with E-state index in [9.17, 15) is 4.79 Å². The van der Waals surface area contributed by atoms with Gasteiger partial charge >= 0.3 is 5.97 Å². The summed E-state index contributed by atoms with van der Waals surface area (Å²) >= 11 is 0. The Bertz CT molecular complexity index is 402. The highest BCUT2D eigenvalue weighted by atomic mass is 16.5. The van der Waals surface area contributed by atoms with Gasteiger partial charge in [-0.15, -0.1) is 0 Å². The van der Waals surface area contributed by atoms with E-state index in [1.54, 1.807) is 18.2 Å². The van der Waals surface area contributed by atoms with Crippen molar-refractivity contribution in [2.45, 2.75) is 34.1 Å². The van der Waals surface area contributed by atoms with Gasteiger partial charge in [0, 0.05) is 0 Å². The molecule has 1 N–H and O–H groups in total. The molecule has 0 saturated heterocycles. The lowest BCUT2D eigenvalue weighted by Gasteiger charge is -2.18. The fraction of sp³-hybridized carbons (Fsp3) is 0.500. The number of ether oxygens (including phenoxy) is 1. The van der Waals surface area contributed by atoms with Crippen LogP contribution in [-0.4, -0.2) is 17.7 Å². The van der Waals surface area contributed by atoms with Crippen LogP contribution in [0.3, 0.4) is 0 Å². The number of hydrogen-bond acceptors (Lipinski definition) is 2. The molecule has 0 fully saturated rings. The molecule has 1 aromatic rings. The molecule has 0 aliphatic carbocycles. The van der Waals surface area contributed by atoms with E-state index in [2.05, 4.69) is 20.8 Å². The third-order valence-electron chi connectivity index (χ3n) is 2.48. The van der Waals surface area contributed by atoms with Crippen LogP contribution in [0.1, 0.15) is 43.1 Å². The summed E-state index contributed by atoms with van der Waals surface area (Å²) in [4.78, 5) is 11.0. The van der Waals surface area contributed by atoms with Crippen molar-refractivity contribution in [3.8, 4) is 5.75 Å². The minimum Gasteiger partial charge on any atom is -0.493 e. The summed E-state index contributed by atoms with van der Waals surface area (Å²) in [6.45, 7) is 8.84. The molecule has 0 aliphatic rings. The number of carboxylic acid groups (broad SMARTS) is 1. The van der Waals surface area contributed by atoms with Gasteiger partial charge in [-0.05, 0) is 36.5 Å². The van der Waals surface area contributed by atoms with E-state index in [1.807, 2.05) is 6.92 Å². The maximum absolute atomic E-state index is 11.0. The number of benzene rings is 1.